The van der Waals surface area contributed by atoms with Gasteiger partial charge in [0.2, 0.25) is 15.9 Å². The third-order valence-electron chi connectivity index (χ3n) is 3.36. The fourth-order valence-corrected chi connectivity index (χ4v) is 3.64. The molecule has 7 heteroatoms. The summed E-state index contributed by atoms with van der Waals surface area (Å²) in [7, 11) is -3.61. The Hall–Kier alpha value is -1.70. The van der Waals surface area contributed by atoms with Gasteiger partial charge in [-0.05, 0) is 30.7 Å². The van der Waals surface area contributed by atoms with Crippen molar-refractivity contribution < 1.29 is 13.2 Å². The maximum Gasteiger partial charge on any atom is 0.240 e. The molecule has 0 bridgehead atoms. The zero-order valence-electron chi connectivity index (χ0n) is 13.3. The lowest BCUT2D eigenvalue weighted by Gasteiger charge is -2.08. The number of halogens is 1. The van der Waals surface area contributed by atoms with Gasteiger partial charge in [-0.2, -0.15) is 0 Å². The first-order valence-corrected chi connectivity index (χ1v) is 9.72. The largest absolute Gasteiger partial charge is 0.352 e. The maximum absolute atomic E-state index is 12.1. The number of amides is 1. The third-order valence-corrected chi connectivity index (χ3v) is 5.31. The van der Waals surface area contributed by atoms with Gasteiger partial charge < -0.3 is 5.32 Å². The van der Waals surface area contributed by atoms with Gasteiger partial charge in [-0.1, -0.05) is 51.8 Å². The minimum absolute atomic E-state index is 0.0502. The van der Waals surface area contributed by atoms with Crippen LogP contribution in [0.5, 0.6) is 0 Å². The van der Waals surface area contributed by atoms with Crippen molar-refractivity contribution in [3.63, 3.8) is 0 Å². The minimum Gasteiger partial charge on any atom is -0.352 e. The Balaban J connectivity index is 1.78. The van der Waals surface area contributed by atoms with Gasteiger partial charge in [0.15, 0.2) is 0 Å². The molecule has 1 amide bonds. The van der Waals surface area contributed by atoms with E-state index >= 15 is 0 Å². The molecule has 0 aliphatic carbocycles. The molecular formula is C17H19BrN2O3S. The second kappa shape index (κ2) is 8.41. The number of hydrogen-bond donors (Lipinski definition) is 2. The standard InChI is InChI=1S/C17H19BrN2O3S/c1-13-5-7-14(8-6-13)12-19-17(21)9-10-20-24(22,23)16-4-2-3-15(18)11-16/h2-8,11,20H,9-10,12H2,1H3,(H,19,21). The van der Waals surface area contributed by atoms with Gasteiger partial charge in [0.1, 0.15) is 0 Å². The molecule has 0 fully saturated rings. The van der Waals surface area contributed by atoms with Crippen LogP contribution in [0.1, 0.15) is 17.5 Å². The maximum atomic E-state index is 12.1. The highest BCUT2D eigenvalue weighted by Gasteiger charge is 2.14. The lowest BCUT2D eigenvalue weighted by atomic mass is 10.1. The van der Waals surface area contributed by atoms with Crippen LogP contribution in [0.4, 0.5) is 0 Å². The lowest BCUT2D eigenvalue weighted by molar-refractivity contribution is -0.121. The highest BCUT2D eigenvalue weighted by Crippen LogP contribution is 2.15. The van der Waals surface area contributed by atoms with Crippen LogP contribution < -0.4 is 10.0 Å². The van der Waals surface area contributed by atoms with Crippen molar-refractivity contribution >= 4 is 31.9 Å². The molecule has 0 saturated carbocycles. The first-order valence-electron chi connectivity index (χ1n) is 7.44. The van der Waals surface area contributed by atoms with E-state index in [1.807, 2.05) is 31.2 Å². The Morgan fingerprint density at radius 1 is 1.12 bits per heavy atom. The van der Waals surface area contributed by atoms with E-state index in [0.717, 1.165) is 11.1 Å². The van der Waals surface area contributed by atoms with E-state index < -0.39 is 10.0 Å². The molecule has 0 radical (unpaired) electrons. The minimum atomic E-state index is -3.61. The van der Waals surface area contributed by atoms with Crippen molar-refractivity contribution in [1.29, 1.82) is 0 Å². The molecule has 128 valence electrons. The van der Waals surface area contributed by atoms with E-state index in [2.05, 4.69) is 26.0 Å². The monoisotopic (exact) mass is 410 g/mol. The predicted molar refractivity (Wildman–Crippen MR) is 97.0 cm³/mol. The van der Waals surface area contributed by atoms with E-state index in [9.17, 15) is 13.2 Å². The molecule has 0 heterocycles. The van der Waals surface area contributed by atoms with Crippen molar-refractivity contribution in [2.75, 3.05) is 6.54 Å². The van der Waals surface area contributed by atoms with Gasteiger partial charge in [0.25, 0.3) is 0 Å². The molecule has 2 N–H and O–H groups in total. The van der Waals surface area contributed by atoms with Gasteiger partial charge in [0, 0.05) is 24.0 Å². The average Bonchev–Trinajstić information content (AvgIpc) is 2.54. The molecule has 0 unspecified atom stereocenters. The molecular weight excluding hydrogens is 392 g/mol. The first kappa shape index (κ1) is 18.6. The van der Waals surface area contributed by atoms with E-state index in [4.69, 9.17) is 0 Å². The van der Waals surface area contributed by atoms with Gasteiger partial charge >= 0.3 is 0 Å². The number of hydrogen-bond acceptors (Lipinski definition) is 3. The quantitative estimate of drug-likeness (QED) is 0.736. The smallest absolute Gasteiger partial charge is 0.240 e. The number of nitrogens with one attached hydrogen (secondary N) is 2. The third kappa shape index (κ3) is 5.74. The highest BCUT2D eigenvalue weighted by molar-refractivity contribution is 9.10. The van der Waals surface area contributed by atoms with E-state index in [1.165, 1.54) is 12.1 Å². The summed E-state index contributed by atoms with van der Waals surface area (Å²) in [5.41, 5.74) is 2.16. The van der Waals surface area contributed by atoms with Crippen LogP contribution in [0.25, 0.3) is 0 Å². The number of carbonyl (C=O) groups is 1. The molecule has 2 aromatic rings. The van der Waals surface area contributed by atoms with Crippen LogP contribution in [0.3, 0.4) is 0 Å². The number of rotatable bonds is 7. The molecule has 0 saturated heterocycles. The number of benzene rings is 2. The summed E-state index contributed by atoms with van der Waals surface area (Å²) in [6.45, 7) is 2.48. The van der Waals surface area contributed by atoms with Crippen molar-refractivity contribution in [2.24, 2.45) is 0 Å². The van der Waals surface area contributed by atoms with Crippen LogP contribution in [0.2, 0.25) is 0 Å². The topological polar surface area (TPSA) is 75.3 Å². The Labute approximate surface area is 150 Å². The summed E-state index contributed by atoms with van der Waals surface area (Å²) in [6.07, 6.45) is 0.0824. The predicted octanol–water partition coefficient (Wildman–Crippen LogP) is 2.74. The summed E-state index contributed by atoms with van der Waals surface area (Å²) < 4.78 is 27.3. The first-order chi connectivity index (χ1) is 11.4. The fraction of sp³-hybridized carbons (Fsp3) is 0.235. The van der Waals surface area contributed by atoms with Gasteiger partial charge in [-0.25, -0.2) is 13.1 Å². The number of sulfonamides is 1. The van der Waals surface area contributed by atoms with Gasteiger partial charge in [-0.15, -0.1) is 0 Å². The number of aryl methyl sites for hydroxylation is 1. The van der Waals surface area contributed by atoms with Crippen LogP contribution in [0, 0.1) is 6.92 Å². The second-order valence-corrected chi connectivity index (χ2v) is 8.05. The molecule has 0 atom stereocenters. The molecule has 0 spiro atoms. The van der Waals surface area contributed by atoms with Crippen LogP contribution in [-0.2, 0) is 21.4 Å². The molecule has 0 aliphatic heterocycles. The van der Waals surface area contributed by atoms with Gasteiger partial charge in [-0.3, -0.25) is 4.79 Å². The van der Waals surface area contributed by atoms with Crippen molar-refractivity contribution in [3.05, 3.63) is 64.1 Å². The lowest BCUT2D eigenvalue weighted by Crippen LogP contribution is -2.30. The molecule has 0 aliphatic rings. The zero-order chi connectivity index (χ0) is 17.6. The Kier molecular flexibility index (Phi) is 6.53. The summed E-state index contributed by atoms with van der Waals surface area (Å²) in [5, 5.41) is 2.77. The highest BCUT2D eigenvalue weighted by atomic mass is 79.9. The molecule has 5 nitrogen and oxygen atoms in total. The summed E-state index contributed by atoms with van der Waals surface area (Å²) in [6, 6.07) is 14.3. The van der Waals surface area contributed by atoms with Crippen LogP contribution in [0.15, 0.2) is 57.9 Å². The van der Waals surface area contributed by atoms with Crippen LogP contribution in [-0.4, -0.2) is 20.9 Å². The van der Waals surface area contributed by atoms with Gasteiger partial charge in [0.05, 0.1) is 4.90 Å². The molecule has 24 heavy (non-hydrogen) atoms. The van der Waals surface area contributed by atoms with E-state index in [-0.39, 0.29) is 23.8 Å². The Bertz CT molecular complexity index is 805. The average molecular weight is 411 g/mol. The second-order valence-electron chi connectivity index (χ2n) is 5.37. The molecule has 2 rings (SSSR count). The van der Waals surface area contributed by atoms with Crippen molar-refractivity contribution in [1.82, 2.24) is 10.0 Å². The van der Waals surface area contributed by atoms with Crippen molar-refractivity contribution in [3.8, 4) is 0 Å². The summed E-state index contributed by atoms with van der Waals surface area (Å²) in [5.74, 6) is -0.201. The molecule has 2 aromatic carbocycles. The van der Waals surface area contributed by atoms with Crippen molar-refractivity contribution in [2.45, 2.75) is 24.8 Å². The summed E-state index contributed by atoms with van der Waals surface area (Å²) in [4.78, 5) is 12.0. The molecule has 0 aromatic heterocycles. The number of carbonyl (C=O) groups excluding carboxylic acids is 1. The zero-order valence-corrected chi connectivity index (χ0v) is 15.7. The normalized spacial score (nSPS) is 11.2. The SMILES string of the molecule is Cc1ccc(CNC(=O)CCNS(=O)(=O)c2cccc(Br)c2)cc1. The van der Waals surface area contributed by atoms with E-state index in [0.29, 0.717) is 11.0 Å². The summed E-state index contributed by atoms with van der Waals surface area (Å²) >= 11 is 3.24. The Morgan fingerprint density at radius 3 is 2.50 bits per heavy atom. The van der Waals surface area contributed by atoms with E-state index in [1.54, 1.807) is 12.1 Å². The van der Waals surface area contributed by atoms with Crippen LogP contribution >= 0.6 is 15.9 Å². The Morgan fingerprint density at radius 2 is 1.83 bits per heavy atom. The fourth-order valence-electron chi connectivity index (χ4n) is 2.01.